The van der Waals surface area contributed by atoms with Crippen molar-refractivity contribution in [1.29, 1.82) is 0 Å². The molecule has 2 heterocycles. The first-order valence-electron chi connectivity index (χ1n) is 8.75. The van der Waals surface area contributed by atoms with E-state index in [-0.39, 0.29) is 43.7 Å². The normalized spacial score (nSPS) is 14.2. The van der Waals surface area contributed by atoms with Crippen molar-refractivity contribution in [3.63, 3.8) is 0 Å². The standard InChI is InChI=1S/C18H25N3O5/c1-13(2)12-26-15-4-3-14(11-20-15)18(24)19-7-9-25-10-8-21-16(22)5-6-17(21)23/h3-4,11,13H,5-10,12H2,1-2H3,(H,19,24). The van der Waals surface area contributed by atoms with Crippen LogP contribution in [0.5, 0.6) is 5.88 Å². The molecule has 0 spiro atoms. The number of nitrogens with zero attached hydrogens (tertiary/aromatic N) is 2. The molecule has 0 saturated carbocycles. The topological polar surface area (TPSA) is 97.8 Å². The van der Waals surface area contributed by atoms with E-state index in [1.165, 1.54) is 11.1 Å². The van der Waals surface area contributed by atoms with Gasteiger partial charge in [-0.3, -0.25) is 19.3 Å². The fraction of sp³-hybridized carbons (Fsp3) is 0.556. The second-order valence-corrected chi connectivity index (χ2v) is 6.40. The summed E-state index contributed by atoms with van der Waals surface area (Å²) in [5.74, 6) is 0.341. The third-order valence-electron chi connectivity index (χ3n) is 3.71. The summed E-state index contributed by atoms with van der Waals surface area (Å²) in [5, 5.41) is 2.72. The number of hydrogen-bond donors (Lipinski definition) is 1. The molecule has 1 aliphatic heterocycles. The van der Waals surface area contributed by atoms with Gasteiger partial charge in [-0.1, -0.05) is 13.8 Å². The van der Waals surface area contributed by atoms with Crippen LogP contribution in [0.15, 0.2) is 18.3 Å². The lowest BCUT2D eigenvalue weighted by atomic mass is 10.2. The summed E-state index contributed by atoms with van der Waals surface area (Å²) >= 11 is 0. The Morgan fingerprint density at radius 2 is 1.96 bits per heavy atom. The van der Waals surface area contributed by atoms with Crippen LogP contribution in [-0.2, 0) is 14.3 Å². The molecule has 1 N–H and O–H groups in total. The number of rotatable bonds is 10. The van der Waals surface area contributed by atoms with Crippen molar-refractivity contribution in [2.24, 2.45) is 5.92 Å². The molecule has 1 fully saturated rings. The Balaban J connectivity index is 1.61. The molecule has 142 valence electrons. The molecule has 0 unspecified atom stereocenters. The average molecular weight is 363 g/mol. The van der Waals surface area contributed by atoms with E-state index in [2.05, 4.69) is 10.3 Å². The van der Waals surface area contributed by atoms with Gasteiger partial charge in [0, 0.05) is 31.6 Å². The maximum Gasteiger partial charge on any atom is 0.252 e. The van der Waals surface area contributed by atoms with Gasteiger partial charge in [0.15, 0.2) is 0 Å². The molecule has 1 aromatic rings. The highest BCUT2D eigenvalue weighted by atomic mass is 16.5. The molecule has 1 aromatic heterocycles. The average Bonchev–Trinajstić information content (AvgIpc) is 2.94. The lowest BCUT2D eigenvalue weighted by Gasteiger charge is -2.13. The van der Waals surface area contributed by atoms with Crippen LogP contribution in [0.1, 0.15) is 37.0 Å². The predicted octanol–water partition coefficient (Wildman–Crippen LogP) is 1.01. The highest BCUT2D eigenvalue weighted by Crippen LogP contribution is 2.11. The summed E-state index contributed by atoms with van der Waals surface area (Å²) in [6.45, 7) is 5.81. The van der Waals surface area contributed by atoms with Crippen molar-refractivity contribution in [3.8, 4) is 5.88 Å². The second kappa shape index (κ2) is 9.86. The van der Waals surface area contributed by atoms with E-state index in [4.69, 9.17) is 9.47 Å². The van der Waals surface area contributed by atoms with Crippen LogP contribution in [0.3, 0.4) is 0 Å². The minimum absolute atomic E-state index is 0.153. The quantitative estimate of drug-likeness (QED) is 0.492. The van der Waals surface area contributed by atoms with Crippen molar-refractivity contribution in [3.05, 3.63) is 23.9 Å². The summed E-state index contributed by atoms with van der Waals surface area (Å²) in [6.07, 6.45) is 2.03. The van der Waals surface area contributed by atoms with E-state index in [0.29, 0.717) is 37.1 Å². The highest BCUT2D eigenvalue weighted by molar-refractivity contribution is 6.01. The fourth-order valence-corrected chi connectivity index (χ4v) is 2.32. The summed E-state index contributed by atoms with van der Waals surface area (Å²) in [6, 6.07) is 3.32. The van der Waals surface area contributed by atoms with Crippen LogP contribution < -0.4 is 10.1 Å². The zero-order valence-corrected chi connectivity index (χ0v) is 15.2. The Hall–Kier alpha value is -2.48. The summed E-state index contributed by atoms with van der Waals surface area (Å²) in [5.41, 5.74) is 0.440. The maximum absolute atomic E-state index is 12.0. The molecule has 0 radical (unpaired) electrons. The summed E-state index contributed by atoms with van der Waals surface area (Å²) in [7, 11) is 0. The molecule has 1 aliphatic rings. The Kier molecular flexibility index (Phi) is 7.53. The van der Waals surface area contributed by atoms with Crippen molar-refractivity contribution in [2.75, 3.05) is 32.9 Å². The van der Waals surface area contributed by atoms with E-state index in [1.807, 2.05) is 13.8 Å². The number of likely N-dealkylation sites (tertiary alicyclic amines) is 1. The largest absolute Gasteiger partial charge is 0.477 e. The van der Waals surface area contributed by atoms with Crippen molar-refractivity contribution in [1.82, 2.24) is 15.2 Å². The molecule has 0 aromatic carbocycles. The maximum atomic E-state index is 12.0. The van der Waals surface area contributed by atoms with Crippen molar-refractivity contribution in [2.45, 2.75) is 26.7 Å². The molecule has 0 atom stereocenters. The molecule has 0 aliphatic carbocycles. The van der Waals surface area contributed by atoms with E-state index < -0.39 is 0 Å². The van der Waals surface area contributed by atoms with Gasteiger partial charge in [-0.05, 0) is 12.0 Å². The van der Waals surface area contributed by atoms with E-state index in [0.717, 1.165) is 0 Å². The van der Waals surface area contributed by atoms with Gasteiger partial charge in [-0.25, -0.2) is 4.98 Å². The fourth-order valence-electron chi connectivity index (χ4n) is 2.32. The SMILES string of the molecule is CC(C)COc1ccc(C(=O)NCCOCCN2C(=O)CCC2=O)cn1. The van der Waals surface area contributed by atoms with Gasteiger partial charge in [0.1, 0.15) is 0 Å². The number of pyridine rings is 1. The second-order valence-electron chi connectivity index (χ2n) is 6.40. The molecule has 1 saturated heterocycles. The smallest absolute Gasteiger partial charge is 0.252 e. The molecular weight excluding hydrogens is 338 g/mol. The van der Waals surface area contributed by atoms with Gasteiger partial charge in [0.05, 0.1) is 31.9 Å². The highest BCUT2D eigenvalue weighted by Gasteiger charge is 2.28. The van der Waals surface area contributed by atoms with Crippen LogP contribution in [0, 0.1) is 5.92 Å². The summed E-state index contributed by atoms with van der Waals surface area (Å²) < 4.78 is 10.8. The Morgan fingerprint density at radius 1 is 1.23 bits per heavy atom. The Morgan fingerprint density at radius 3 is 2.58 bits per heavy atom. The zero-order chi connectivity index (χ0) is 18.9. The molecule has 8 heteroatoms. The van der Waals surface area contributed by atoms with Crippen LogP contribution in [0.2, 0.25) is 0 Å². The van der Waals surface area contributed by atoms with Crippen LogP contribution in [0.4, 0.5) is 0 Å². The molecule has 26 heavy (non-hydrogen) atoms. The Labute approximate surface area is 152 Å². The van der Waals surface area contributed by atoms with E-state index in [1.54, 1.807) is 12.1 Å². The first kappa shape index (κ1) is 19.8. The lowest BCUT2D eigenvalue weighted by Crippen LogP contribution is -2.33. The van der Waals surface area contributed by atoms with Crippen molar-refractivity contribution >= 4 is 17.7 Å². The summed E-state index contributed by atoms with van der Waals surface area (Å²) in [4.78, 5) is 40.2. The van der Waals surface area contributed by atoms with Crippen LogP contribution in [-0.4, -0.2) is 60.5 Å². The van der Waals surface area contributed by atoms with Gasteiger partial charge in [-0.15, -0.1) is 0 Å². The first-order valence-corrected chi connectivity index (χ1v) is 8.75. The van der Waals surface area contributed by atoms with Gasteiger partial charge in [0.2, 0.25) is 17.7 Å². The van der Waals surface area contributed by atoms with Gasteiger partial charge in [0.25, 0.3) is 5.91 Å². The number of amides is 3. The monoisotopic (exact) mass is 363 g/mol. The predicted molar refractivity (Wildman–Crippen MR) is 93.7 cm³/mol. The van der Waals surface area contributed by atoms with Crippen LogP contribution in [0.25, 0.3) is 0 Å². The van der Waals surface area contributed by atoms with Gasteiger partial charge in [-0.2, -0.15) is 0 Å². The first-order chi connectivity index (χ1) is 12.5. The number of nitrogens with one attached hydrogen (secondary N) is 1. The van der Waals surface area contributed by atoms with Gasteiger partial charge >= 0.3 is 0 Å². The zero-order valence-electron chi connectivity index (χ0n) is 15.2. The minimum atomic E-state index is -0.249. The molecular formula is C18H25N3O5. The molecule has 8 nitrogen and oxygen atoms in total. The molecule has 2 rings (SSSR count). The van der Waals surface area contributed by atoms with Crippen molar-refractivity contribution < 1.29 is 23.9 Å². The number of hydrogen-bond acceptors (Lipinski definition) is 6. The van der Waals surface area contributed by atoms with E-state index in [9.17, 15) is 14.4 Å². The number of aromatic nitrogens is 1. The molecule has 0 bridgehead atoms. The van der Waals surface area contributed by atoms with Crippen LogP contribution >= 0.6 is 0 Å². The number of carbonyl (C=O) groups excluding carboxylic acids is 3. The third-order valence-corrected chi connectivity index (χ3v) is 3.71. The number of imide groups is 1. The lowest BCUT2D eigenvalue weighted by molar-refractivity contribution is -0.139. The van der Waals surface area contributed by atoms with Gasteiger partial charge < -0.3 is 14.8 Å². The third kappa shape index (κ3) is 6.11. The number of carbonyl (C=O) groups is 3. The molecule has 3 amide bonds. The van der Waals surface area contributed by atoms with E-state index >= 15 is 0 Å². The minimum Gasteiger partial charge on any atom is -0.477 e. The Bertz CT molecular complexity index is 614. The number of ether oxygens (including phenoxy) is 2.